The highest BCUT2D eigenvalue weighted by Gasteiger charge is 1.81. The van der Waals surface area contributed by atoms with E-state index < -0.39 is 0 Å². The molecule has 1 atom stereocenters. The zero-order valence-electron chi connectivity index (χ0n) is 4.73. The van der Waals surface area contributed by atoms with Gasteiger partial charge in [0.25, 0.3) is 0 Å². The Bertz CT molecular complexity index is 21.5. The van der Waals surface area contributed by atoms with Crippen molar-refractivity contribution >= 4 is 0 Å². The number of rotatable bonds is 1. The van der Waals surface area contributed by atoms with E-state index in [2.05, 4.69) is 0 Å². The molecular formula is C4H11O. The van der Waals surface area contributed by atoms with Crippen LogP contribution in [0.3, 0.4) is 0 Å². The van der Waals surface area contributed by atoms with E-state index in [9.17, 15) is 0 Å². The van der Waals surface area contributed by atoms with E-state index in [1.807, 2.05) is 6.92 Å². The number of hydrogen-bond acceptors (Lipinski definition) is 1. The van der Waals surface area contributed by atoms with E-state index in [1.54, 1.807) is 6.92 Å². The second-order valence-corrected chi connectivity index (χ2v) is 1.26. The van der Waals surface area contributed by atoms with Crippen LogP contribution in [0.15, 0.2) is 0 Å². The lowest BCUT2D eigenvalue weighted by Crippen LogP contribution is -1.93. The summed E-state index contributed by atoms with van der Waals surface area (Å²) in [5.41, 5.74) is 0. The van der Waals surface area contributed by atoms with Crippen LogP contribution in [0.25, 0.3) is 0 Å². The Hall–Kier alpha value is -0.0400. The van der Waals surface area contributed by atoms with Crippen LogP contribution in [-0.4, -0.2) is 11.2 Å². The number of hydrogen-bond donors (Lipinski definition) is 1. The standard InChI is InChI=1S/C4H10O.H/c1-3-4(2)5;/h4-5H,3H2,1-2H3;. The van der Waals surface area contributed by atoms with Crippen molar-refractivity contribution in [1.82, 2.24) is 0 Å². The molecule has 5 heavy (non-hydrogen) atoms. The predicted molar refractivity (Wildman–Crippen MR) is 23.1 cm³/mol. The molecule has 0 bridgehead atoms. The smallest absolute Gasteiger partial charge is 0.0509 e. The molecule has 0 saturated carbocycles. The van der Waals surface area contributed by atoms with Gasteiger partial charge in [0.2, 0.25) is 0 Å². The van der Waals surface area contributed by atoms with Gasteiger partial charge in [-0.1, -0.05) is 6.92 Å². The molecule has 0 spiro atoms. The van der Waals surface area contributed by atoms with Gasteiger partial charge in [-0.25, -0.2) is 0 Å². The third-order valence-corrected chi connectivity index (χ3v) is 0.591. The predicted octanol–water partition coefficient (Wildman–Crippen LogP) is 0.890. The van der Waals surface area contributed by atoms with Crippen LogP contribution in [0.4, 0.5) is 0 Å². The monoisotopic (exact) mass is 75.1 g/mol. The maximum Gasteiger partial charge on any atom is 0.0509 e. The van der Waals surface area contributed by atoms with Crippen molar-refractivity contribution in [2.75, 3.05) is 0 Å². The van der Waals surface area contributed by atoms with Crippen LogP contribution < -0.4 is 0 Å². The van der Waals surface area contributed by atoms with Gasteiger partial charge in [-0.2, -0.15) is 0 Å². The molecule has 1 unspecified atom stereocenters. The first-order valence-corrected chi connectivity index (χ1v) is 1.95. The van der Waals surface area contributed by atoms with Crippen LogP contribution in [0.5, 0.6) is 0 Å². The summed E-state index contributed by atoms with van der Waals surface area (Å²) in [5.74, 6) is 0. The van der Waals surface area contributed by atoms with E-state index >= 15 is 0 Å². The van der Waals surface area contributed by atoms with Crippen LogP contribution in [0.2, 0.25) is 0 Å². The molecule has 0 rings (SSSR count). The molecule has 0 aromatic heterocycles. The quantitative estimate of drug-likeness (QED) is 0.490. The molecule has 0 amide bonds. The Morgan fingerprint density at radius 3 is 2.20 bits per heavy atom. The fourth-order valence-electron chi connectivity index (χ4n) is 0. The van der Waals surface area contributed by atoms with Crippen molar-refractivity contribution in [3.8, 4) is 0 Å². The van der Waals surface area contributed by atoms with Gasteiger partial charge in [0.05, 0.1) is 6.10 Å². The van der Waals surface area contributed by atoms with Gasteiger partial charge in [0.15, 0.2) is 0 Å². The Morgan fingerprint density at radius 1 is 2.00 bits per heavy atom. The summed E-state index contributed by atoms with van der Waals surface area (Å²) in [6.07, 6.45) is 0.745. The van der Waals surface area contributed by atoms with Crippen molar-refractivity contribution < 1.29 is 6.53 Å². The summed E-state index contributed by atoms with van der Waals surface area (Å²) < 4.78 is 0. The average Bonchev–Trinajstić information content (AvgIpc) is 1.38. The first-order valence-electron chi connectivity index (χ1n) is 1.95. The van der Waals surface area contributed by atoms with Gasteiger partial charge in [0.1, 0.15) is 0 Å². The highest BCUT2D eigenvalue weighted by atomic mass is 16.3. The van der Waals surface area contributed by atoms with E-state index in [4.69, 9.17) is 5.11 Å². The highest BCUT2D eigenvalue weighted by Crippen LogP contribution is 1.81. The summed E-state index contributed by atoms with van der Waals surface area (Å²) in [6, 6.07) is 0. The second kappa shape index (κ2) is 2.21. The molecule has 0 aliphatic rings. The molecule has 0 aliphatic carbocycles. The molecule has 0 fully saturated rings. The molecule has 0 heterocycles. The van der Waals surface area contributed by atoms with E-state index in [1.165, 1.54) is 0 Å². The minimum Gasteiger partial charge on any atom is -0.393 e. The van der Waals surface area contributed by atoms with Crippen molar-refractivity contribution in [2.24, 2.45) is 0 Å². The maximum absolute atomic E-state index is 8.36. The molecule has 0 aliphatic heterocycles. The normalized spacial score (nSPS) is 15.0. The number of aliphatic hydroxyl groups is 1. The molecule has 0 aromatic carbocycles. The topological polar surface area (TPSA) is 20.2 Å². The lowest BCUT2D eigenvalue weighted by molar-refractivity contribution is 0.191. The largest absolute Gasteiger partial charge is 0.393 e. The van der Waals surface area contributed by atoms with Crippen molar-refractivity contribution in [3.63, 3.8) is 0 Å². The minimum absolute atomic E-state index is 0. The van der Waals surface area contributed by atoms with Gasteiger partial charge in [0, 0.05) is 1.43 Å². The van der Waals surface area contributed by atoms with Gasteiger partial charge in [-0.3, -0.25) is 0 Å². The molecule has 1 N–H and O–H groups in total. The summed E-state index contributed by atoms with van der Waals surface area (Å²) in [4.78, 5) is 0. The maximum atomic E-state index is 8.36. The summed E-state index contributed by atoms with van der Waals surface area (Å²) >= 11 is 0. The zero-order chi connectivity index (χ0) is 4.28. The molecule has 1 heteroatoms. The molecule has 1 radical (unpaired) electrons. The Balaban J connectivity index is 0. The average molecular weight is 75.1 g/mol. The van der Waals surface area contributed by atoms with Crippen molar-refractivity contribution in [3.05, 3.63) is 0 Å². The second-order valence-electron chi connectivity index (χ2n) is 1.26. The number of aliphatic hydroxyl groups excluding tert-OH is 1. The summed E-state index contributed by atoms with van der Waals surface area (Å²) in [6.45, 7) is 3.73. The van der Waals surface area contributed by atoms with Crippen LogP contribution in [0, 0.1) is 0 Å². The lowest BCUT2D eigenvalue weighted by atomic mass is 10.3. The SMILES string of the molecule is CCC(C)O.[H]. The minimum atomic E-state index is -0.116. The summed E-state index contributed by atoms with van der Waals surface area (Å²) in [7, 11) is 0. The van der Waals surface area contributed by atoms with Gasteiger partial charge >= 0.3 is 0 Å². The van der Waals surface area contributed by atoms with Crippen molar-refractivity contribution in [2.45, 2.75) is 26.4 Å². The fourth-order valence-corrected chi connectivity index (χ4v) is 0. The third-order valence-electron chi connectivity index (χ3n) is 0.591. The fraction of sp³-hybridized carbons (Fsp3) is 1.00. The highest BCUT2D eigenvalue weighted by molar-refractivity contribution is 4.34. The van der Waals surface area contributed by atoms with E-state index in [0.717, 1.165) is 6.42 Å². The first-order chi connectivity index (χ1) is 2.27. The lowest BCUT2D eigenvalue weighted by Gasteiger charge is -1.90. The van der Waals surface area contributed by atoms with Gasteiger partial charge < -0.3 is 5.11 Å². The van der Waals surface area contributed by atoms with E-state index in [-0.39, 0.29) is 7.53 Å². The Kier molecular flexibility index (Phi) is 2.19. The first kappa shape index (κ1) is 4.96. The molecule has 1 nitrogen and oxygen atoms in total. The molecule has 33 valence electrons. The third kappa shape index (κ3) is 3.96. The van der Waals surface area contributed by atoms with Crippen LogP contribution >= 0.6 is 0 Å². The van der Waals surface area contributed by atoms with Crippen LogP contribution in [0.1, 0.15) is 21.7 Å². The molecular weight excluding hydrogens is 64.0 g/mol. The van der Waals surface area contributed by atoms with Gasteiger partial charge in [-0.15, -0.1) is 0 Å². The zero-order valence-corrected chi connectivity index (χ0v) is 3.73. The van der Waals surface area contributed by atoms with Gasteiger partial charge in [-0.05, 0) is 13.3 Å². The van der Waals surface area contributed by atoms with Crippen LogP contribution in [-0.2, 0) is 0 Å². The van der Waals surface area contributed by atoms with E-state index in [0.29, 0.717) is 0 Å². The molecule has 0 aromatic rings. The van der Waals surface area contributed by atoms with Crippen molar-refractivity contribution in [1.29, 1.82) is 0 Å². The molecule has 0 saturated heterocycles. The summed E-state index contributed by atoms with van der Waals surface area (Å²) in [5, 5.41) is 8.36. The Morgan fingerprint density at radius 2 is 2.20 bits per heavy atom. The Labute approximate surface area is 34.1 Å².